The van der Waals surface area contributed by atoms with Crippen LogP contribution in [0.1, 0.15) is 25.2 Å². The molecule has 1 N–H and O–H groups in total. The third-order valence-electron chi connectivity index (χ3n) is 2.42. The van der Waals surface area contributed by atoms with E-state index in [0.717, 1.165) is 17.8 Å². The molecule has 0 aliphatic carbocycles. The fourth-order valence-electron chi connectivity index (χ4n) is 1.26. The lowest BCUT2D eigenvalue weighted by atomic mass is 10.3. The van der Waals surface area contributed by atoms with Gasteiger partial charge in [-0.3, -0.25) is 13.7 Å². The molecule has 0 aliphatic rings. The molecule has 2 atom stereocenters. The van der Waals surface area contributed by atoms with Crippen LogP contribution in [0, 0.1) is 0 Å². The summed E-state index contributed by atoms with van der Waals surface area (Å²) in [6.07, 6.45) is 0.814. The van der Waals surface area contributed by atoms with E-state index in [2.05, 4.69) is 5.10 Å². The summed E-state index contributed by atoms with van der Waals surface area (Å²) in [5, 5.41) is 12.1. The monoisotopic (exact) mass is 244 g/mol. The highest BCUT2D eigenvalue weighted by Crippen LogP contribution is 2.09. The molecule has 1 aromatic heterocycles. The second-order valence-electron chi connectivity index (χ2n) is 3.61. The number of nitrogens with zero attached hydrogens (tertiary/aromatic N) is 2. The van der Waals surface area contributed by atoms with Gasteiger partial charge in [0.2, 0.25) is 0 Å². The quantitative estimate of drug-likeness (QED) is 0.827. The van der Waals surface area contributed by atoms with Crippen molar-refractivity contribution < 1.29 is 14.1 Å². The average molecular weight is 244 g/mol. The van der Waals surface area contributed by atoms with Crippen LogP contribution in [0.5, 0.6) is 0 Å². The topological polar surface area (TPSA) is 72.2 Å². The van der Waals surface area contributed by atoms with E-state index in [-0.39, 0.29) is 5.75 Å². The fourth-order valence-corrected chi connectivity index (χ4v) is 2.30. The van der Waals surface area contributed by atoms with Crippen molar-refractivity contribution >= 4 is 16.8 Å². The predicted molar refractivity (Wildman–Crippen MR) is 61.5 cm³/mol. The van der Waals surface area contributed by atoms with Crippen LogP contribution in [0.25, 0.3) is 0 Å². The third-order valence-corrected chi connectivity index (χ3v) is 3.99. The number of carboxylic acid groups (broad SMARTS) is 1. The maximum absolute atomic E-state index is 11.7. The zero-order valence-electron chi connectivity index (χ0n) is 9.64. The summed E-state index contributed by atoms with van der Waals surface area (Å²) in [7, 11) is 0.370. The van der Waals surface area contributed by atoms with E-state index < -0.39 is 22.0 Å². The zero-order valence-corrected chi connectivity index (χ0v) is 10.5. The molecule has 6 heteroatoms. The van der Waals surface area contributed by atoms with Gasteiger partial charge in [-0.2, -0.15) is 5.10 Å². The van der Waals surface area contributed by atoms with Gasteiger partial charge in [0.25, 0.3) is 0 Å². The molecule has 16 heavy (non-hydrogen) atoms. The number of carboxylic acids is 1. The lowest BCUT2D eigenvalue weighted by molar-refractivity contribution is -0.136. The van der Waals surface area contributed by atoms with E-state index >= 15 is 0 Å². The Balaban J connectivity index is 2.76. The van der Waals surface area contributed by atoms with Gasteiger partial charge in [0.15, 0.2) is 0 Å². The molecule has 0 radical (unpaired) electrons. The standard InChI is InChI=1S/C10H16N2O3S/c1-4-8-5-9(12(3)11-8)6-16(15)7(2)10(13)14/h5,7H,4,6H2,1-3H3,(H,13,14). The van der Waals surface area contributed by atoms with Crippen LogP contribution in [-0.4, -0.2) is 30.3 Å². The number of hydrogen-bond acceptors (Lipinski definition) is 3. The summed E-state index contributed by atoms with van der Waals surface area (Å²) in [5.74, 6) is -0.798. The smallest absolute Gasteiger partial charge is 0.318 e. The first-order chi connectivity index (χ1) is 7.45. The van der Waals surface area contributed by atoms with Crippen molar-refractivity contribution in [3.05, 3.63) is 17.5 Å². The second kappa shape index (κ2) is 5.25. The Morgan fingerprint density at radius 3 is 2.75 bits per heavy atom. The highest BCUT2D eigenvalue weighted by molar-refractivity contribution is 7.85. The van der Waals surface area contributed by atoms with Crippen LogP contribution in [-0.2, 0) is 34.8 Å². The lowest BCUT2D eigenvalue weighted by Crippen LogP contribution is -2.23. The minimum Gasteiger partial charge on any atom is -0.480 e. The first kappa shape index (κ1) is 12.9. The summed E-state index contributed by atoms with van der Waals surface area (Å²) in [6, 6.07) is 1.87. The summed E-state index contributed by atoms with van der Waals surface area (Å²) in [6.45, 7) is 3.44. The molecular weight excluding hydrogens is 228 g/mol. The molecule has 5 nitrogen and oxygen atoms in total. The van der Waals surface area contributed by atoms with Crippen molar-refractivity contribution in [1.29, 1.82) is 0 Å². The molecule has 0 amide bonds. The minimum absolute atomic E-state index is 0.233. The zero-order chi connectivity index (χ0) is 12.3. The average Bonchev–Trinajstić information content (AvgIpc) is 2.58. The van der Waals surface area contributed by atoms with Gasteiger partial charge in [0.1, 0.15) is 5.25 Å². The Morgan fingerprint density at radius 1 is 1.69 bits per heavy atom. The van der Waals surface area contributed by atoms with Crippen molar-refractivity contribution in [3.8, 4) is 0 Å². The third kappa shape index (κ3) is 2.91. The maximum Gasteiger partial charge on any atom is 0.318 e. The molecule has 0 aliphatic heterocycles. The molecular formula is C10H16N2O3S. The highest BCUT2D eigenvalue weighted by Gasteiger charge is 2.20. The summed E-state index contributed by atoms with van der Waals surface area (Å²) in [4.78, 5) is 10.7. The van der Waals surface area contributed by atoms with Crippen LogP contribution in [0.3, 0.4) is 0 Å². The van der Waals surface area contributed by atoms with Gasteiger partial charge in [0, 0.05) is 17.8 Å². The minimum atomic E-state index is -1.41. The molecule has 1 heterocycles. The van der Waals surface area contributed by atoms with Crippen molar-refractivity contribution in [1.82, 2.24) is 9.78 Å². The number of hydrogen-bond donors (Lipinski definition) is 1. The molecule has 2 unspecified atom stereocenters. The first-order valence-corrected chi connectivity index (χ1v) is 6.45. The van der Waals surface area contributed by atoms with Crippen molar-refractivity contribution in [2.24, 2.45) is 7.05 Å². The second-order valence-corrected chi connectivity index (χ2v) is 5.37. The Labute approximate surface area is 96.9 Å². The summed E-state index contributed by atoms with van der Waals surface area (Å²) >= 11 is 0. The lowest BCUT2D eigenvalue weighted by Gasteiger charge is -2.06. The first-order valence-electron chi connectivity index (χ1n) is 5.07. The normalized spacial score (nSPS) is 14.7. The predicted octanol–water partition coefficient (Wildman–Crippen LogP) is 0.704. The largest absolute Gasteiger partial charge is 0.480 e. The van der Waals surface area contributed by atoms with Crippen LogP contribution in [0.4, 0.5) is 0 Å². The molecule has 1 rings (SSSR count). The number of aromatic nitrogens is 2. The molecule has 90 valence electrons. The Bertz CT molecular complexity index is 414. The Kier molecular flexibility index (Phi) is 4.23. The van der Waals surface area contributed by atoms with E-state index in [1.165, 1.54) is 6.92 Å². The van der Waals surface area contributed by atoms with Gasteiger partial charge in [-0.05, 0) is 19.4 Å². The van der Waals surface area contributed by atoms with Crippen LogP contribution in [0.2, 0.25) is 0 Å². The van der Waals surface area contributed by atoms with Crippen LogP contribution >= 0.6 is 0 Å². The van der Waals surface area contributed by atoms with Crippen LogP contribution < -0.4 is 0 Å². The molecule has 0 fully saturated rings. The van der Waals surface area contributed by atoms with Gasteiger partial charge in [-0.25, -0.2) is 0 Å². The number of aliphatic carboxylic acids is 1. The Hall–Kier alpha value is -1.17. The SMILES string of the molecule is CCc1cc(CS(=O)C(C)C(=O)O)n(C)n1. The van der Waals surface area contributed by atoms with Crippen LogP contribution in [0.15, 0.2) is 6.07 Å². The van der Waals surface area contributed by atoms with Crippen molar-refractivity contribution in [3.63, 3.8) is 0 Å². The van der Waals surface area contributed by atoms with E-state index in [4.69, 9.17) is 5.11 Å². The van der Waals surface area contributed by atoms with Gasteiger partial charge in [0.05, 0.1) is 17.1 Å². The van der Waals surface area contributed by atoms with E-state index in [0.29, 0.717) is 0 Å². The van der Waals surface area contributed by atoms with Crippen molar-refractivity contribution in [2.45, 2.75) is 31.3 Å². The van der Waals surface area contributed by atoms with E-state index in [9.17, 15) is 9.00 Å². The Morgan fingerprint density at radius 2 is 2.31 bits per heavy atom. The van der Waals surface area contributed by atoms with Gasteiger partial charge in [-0.1, -0.05) is 6.92 Å². The maximum atomic E-state index is 11.7. The van der Waals surface area contributed by atoms with Gasteiger partial charge < -0.3 is 5.11 Å². The fraction of sp³-hybridized carbons (Fsp3) is 0.600. The van der Waals surface area contributed by atoms with Gasteiger partial charge >= 0.3 is 5.97 Å². The number of carbonyl (C=O) groups is 1. The molecule has 1 aromatic rings. The molecule has 0 aromatic carbocycles. The van der Waals surface area contributed by atoms with E-state index in [1.807, 2.05) is 13.0 Å². The molecule has 0 saturated carbocycles. The molecule has 0 saturated heterocycles. The molecule has 0 bridgehead atoms. The summed E-state index contributed by atoms with van der Waals surface area (Å²) < 4.78 is 13.4. The number of rotatable bonds is 5. The van der Waals surface area contributed by atoms with Crippen molar-refractivity contribution in [2.75, 3.05) is 0 Å². The van der Waals surface area contributed by atoms with E-state index in [1.54, 1.807) is 11.7 Å². The molecule has 0 spiro atoms. The van der Waals surface area contributed by atoms with Gasteiger partial charge in [-0.15, -0.1) is 0 Å². The number of aryl methyl sites for hydroxylation is 2. The summed E-state index contributed by atoms with van der Waals surface area (Å²) in [5.41, 5.74) is 1.74. The highest BCUT2D eigenvalue weighted by atomic mass is 32.2.